The Hall–Kier alpha value is -1.30. The fraction of sp³-hybridized carbons (Fsp3) is 0.857. The van der Waals surface area contributed by atoms with E-state index in [1.165, 1.54) is 32.8 Å². The van der Waals surface area contributed by atoms with E-state index in [0.717, 1.165) is 11.8 Å². The van der Waals surface area contributed by atoms with E-state index in [1.54, 1.807) is 0 Å². The van der Waals surface area contributed by atoms with Crippen molar-refractivity contribution in [2.45, 2.75) is 44.7 Å². The second kappa shape index (κ2) is 6.43. The highest BCUT2D eigenvalue weighted by Crippen LogP contribution is 2.49. The minimum atomic E-state index is -1.09. The summed E-state index contributed by atoms with van der Waals surface area (Å²) in [4.78, 5) is 22.8. The molecule has 0 aliphatic heterocycles. The summed E-state index contributed by atoms with van der Waals surface area (Å²) in [5.41, 5.74) is 0. The third-order valence-corrected chi connectivity index (χ3v) is 4.73. The standard InChI is InChI=1S/C14H24N2O4/c1-8(11-6-9-3-4-10(11)5-9)15-14(19)16-12(7-20-2)13(17)18/h8-12H,3-7H2,1-2H3,(H,17,18)(H2,15,16,19). The Labute approximate surface area is 119 Å². The summed E-state index contributed by atoms with van der Waals surface area (Å²) in [7, 11) is 1.41. The van der Waals surface area contributed by atoms with Gasteiger partial charge < -0.3 is 20.5 Å². The summed E-state index contributed by atoms with van der Waals surface area (Å²) in [6.07, 6.45) is 5.08. The van der Waals surface area contributed by atoms with Crippen molar-refractivity contribution < 1.29 is 19.4 Å². The molecular formula is C14H24N2O4. The van der Waals surface area contributed by atoms with Gasteiger partial charge in [0.1, 0.15) is 0 Å². The van der Waals surface area contributed by atoms with E-state index >= 15 is 0 Å². The Morgan fingerprint density at radius 1 is 1.30 bits per heavy atom. The van der Waals surface area contributed by atoms with Crippen molar-refractivity contribution >= 4 is 12.0 Å². The number of rotatable bonds is 6. The number of carboxylic acids is 1. The van der Waals surface area contributed by atoms with Crippen LogP contribution in [0.2, 0.25) is 0 Å². The van der Waals surface area contributed by atoms with Crippen LogP contribution >= 0.6 is 0 Å². The number of ether oxygens (including phenoxy) is 1. The Bertz CT molecular complexity index is 374. The lowest BCUT2D eigenvalue weighted by atomic mass is 9.84. The fourth-order valence-electron chi connectivity index (χ4n) is 3.76. The molecule has 5 atom stereocenters. The van der Waals surface area contributed by atoms with Gasteiger partial charge in [0.15, 0.2) is 6.04 Å². The van der Waals surface area contributed by atoms with Gasteiger partial charge in [-0.05, 0) is 43.9 Å². The molecule has 6 nitrogen and oxygen atoms in total. The van der Waals surface area contributed by atoms with Crippen LogP contribution in [0.4, 0.5) is 4.79 Å². The molecule has 2 rings (SSSR count). The fourth-order valence-corrected chi connectivity index (χ4v) is 3.76. The number of carboxylic acid groups (broad SMARTS) is 1. The van der Waals surface area contributed by atoms with E-state index in [1.807, 2.05) is 6.92 Å². The van der Waals surface area contributed by atoms with Gasteiger partial charge in [-0.1, -0.05) is 6.42 Å². The first-order valence-corrected chi connectivity index (χ1v) is 7.30. The molecule has 2 amide bonds. The van der Waals surface area contributed by atoms with Crippen LogP contribution in [-0.2, 0) is 9.53 Å². The van der Waals surface area contributed by atoms with Crippen LogP contribution in [0.3, 0.4) is 0 Å². The van der Waals surface area contributed by atoms with Gasteiger partial charge >= 0.3 is 12.0 Å². The van der Waals surface area contributed by atoms with Gasteiger partial charge in [0, 0.05) is 13.2 Å². The van der Waals surface area contributed by atoms with Crippen molar-refractivity contribution in [3.05, 3.63) is 0 Å². The number of methoxy groups -OCH3 is 1. The van der Waals surface area contributed by atoms with Gasteiger partial charge in [0.25, 0.3) is 0 Å². The normalized spacial score (nSPS) is 30.8. The monoisotopic (exact) mass is 284 g/mol. The van der Waals surface area contributed by atoms with Crippen molar-refractivity contribution in [2.24, 2.45) is 17.8 Å². The zero-order valence-electron chi connectivity index (χ0n) is 12.1. The van der Waals surface area contributed by atoms with Crippen molar-refractivity contribution in [1.29, 1.82) is 0 Å². The number of hydrogen-bond acceptors (Lipinski definition) is 3. The Balaban J connectivity index is 1.80. The molecule has 0 heterocycles. The van der Waals surface area contributed by atoms with Gasteiger partial charge in [-0.25, -0.2) is 9.59 Å². The maximum Gasteiger partial charge on any atom is 0.328 e. The molecule has 0 aromatic heterocycles. The molecule has 3 N–H and O–H groups in total. The van der Waals surface area contributed by atoms with E-state index in [-0.39, 0.29) is 12.6 Å². The average molecular weight is 284 g/mol. The number of urea groups is 1. The molecule has 2 saturated carbocycles. The number of aliphatic carboxylic acids is 1. The summed E-state index contributed by atoms with van der Waals surface area (Å²) >= 11 is 0. The highest BCUT2D eigenvalue weighted by molar-refractivity contribution is 5.82. The molecule has 2 aliphatic carbocycles. The van der Waals surface area contributed by atoms with Gasteiger partial charge in [0.2, 0.25) is 0 Å². The topological polar surface area (TPSA) is 87.7 Å². The summed E-state index contributed by atoms with van der Waals surface area (Å²) in [5.74, 6) is 1.00. The van der Waals surface area contributed by atoms with Gasteiger partial charge in [0.05, 0.1) is 6.61 Å². The van der Waals surface area contributed by atoms with Crippen LogP contribution in [0.25, 0.3) is 0 Å². The number of amides is 2. The highest BCUT2D eigenvalue weighted by Gasteiger charge is 2.42. The first kappa shape index (κ1) is 15.1. The number of hydrogen-bond donors (Lipinski definition) is 3. The van der Waals surface area contributed by atoms with Crippen LogP contribution in [0, 0.1) is 17.8 Å². The zero-order valence-corrected chi connectivity index (χ0v) is 12.1. The van der Waals surface area contributed by atoms with E-state index in [9.17, 15) is 9.59 Å². The van der Waals surface area contributed by atoms with Crippen LogP contribution in [0.5, 0.6) is 0 Å². The van der Waals surface area contributed by atoms with Gasteiger partial charge in [-0.2, -0.15) is 0 Å². The number of fused-ring (bicyclic) bond motifs is 2. The highest BCUT2D eigenvalue weighted by atomic mass is 16.5. The quantitative estimate of drug-likeness (QED) is 0.684. The van der Waals surface area contributed by atoms with Crippen molar-refractivity contribution in [3.8, 4) is 0 Å². The summed E-state index contributed by atoms with van der Waals surface area (Å²) in [5, 5.41) is 14.3. The maximum absolute atomic E-state index is 11.9. The van der Waals surface area contributed by atoms with E-state index in [2.05, 4.69) is 10.6 Å². The average Bonchev–Trinajstić information content (AvgIpc) is 3.00. The molecule has 0 spiro atoms. The molecule has 6 heteroatoms. The van der Waals surface area contributed by atoms with Gasteiger partial charge in [-0.15, -0.1) is 0 Å². The van der Waals surface area contributed by atoms with Gasteiger partial charge in [-0.3, -0.25) is 0 Å². The Morgan fingerprint density at radius 2 is 2.05 bits per heavy atom. The minimum absolute atomic E-state index is 0.0364. The third-order valence-electron chi connectivity index (χ3n) is 4.73. The molecule has 2 aliphatic rings. The molecular weight excluding hydrogens is 260 g/mol. The first-order chi connectivity index (χ1) is 9.51. The lowest BCUT2D eigenvalue weighted by Gasteiger charge is -2.29. The molecule has 114 valence electrons. The number of carbonyl (C=O) groups is 2. The second-order valence-electron chi connectivity index (χ2n) is 6.09. The molecule has 2 bridgehead atoms. The number of carbonyl (C=O) groups excluding carboxylic acids is 1. The summed E-state index contributed by atoms with van der Waals surface area (Å²) < 4.78 is 4.79. The van der Waals surface area contributed by atoms with Crippen LogP contribution in [0.1, 0.15) is 32.6 Å². The lowest BCUT2D eigenvalue weighted by Crippen LogP contribution is -2.51. The first-order valence-electron chi connectivity index (χ1n) is 7.30. The molecule has 0 aromatic rings. The minimum Gasteiger partial charge on any atom is -0.480 e. The number of nitrogens with one attached hydrogen (secondary N) is 2. The van der Waals surface area contributed by atoms with Crippen LogP contribution < -0.4 is 10.6 Å². The smallest absolute Gasteiger partial charge is 0.328 e. The van der Waals surface area contributed by atoms with Crippen molar-refractivity contribution in [3.63, 3.8) is 0 Å². The molecule has 20 heavy (non-hydrogen) atoms. The van der Waals surface area contributed by atoms with Crippen LogP contribution in [-0.4, -0.2) is 42.9 Å². The Kier molecular flexibility index (Phi) is 4.86. The molecule has 0 radical (unpaired) electrons. The predicted molar refractivity (Wildman–Crippen MR) is 73.4 cm³/mol. The molecule has 0 saturated heterocycles. The van der Waals surface area contributed by atoms with E-state index in [4.69, 9.17) is 9.84 Å². The third kappa shape index (κ3) is 3.42. The van der Waals surface area contributed by atoms with Crippen LogP contribution in [0.15, 0.2) is 0 Å². The molecule has 0 aromatic carbocycles. The molecule has 2 fully saturated rings. The lowest BCUT2D eigenvalue weighted by molar-refractivity contribution is -0.140. The predicted octanol–water partition coefficient (Wildman–Crippen LogP) is 1.21. The van der Waals surface area contributed by atoms with E-state index in [0.29, 0.717) is 5.92 Å². The van der Waals surface area contributed by atoms with Crippen molar-refractivity contribution in [2.75, 3.05) is 13.7 Å². The summed E-state index contributed by atoms with van der Waals surface area (Å²) in [6, 6.07) is -1.35. The zero-order chi connectivity index (χ0) is 14.7. The Morgan fingerprint density at radius 3 is 2.55 bits per heavy atom. The van der Waals surface area contributed by atoms with Crippen molar-refractivity contribution in [1.82, 2.24) is 10.6 Å². The van der Waals surface area contributed by atoms with E-state index < -0.39 is 18.0 Å². The summed E-state index contributed by atoms with van der Waals surface area (Å²) in [6.45, 7) is 1.97. The molecule has 5 unspecified atom stereocenters. The largest absolute Gasteiger partial charge is 0.480 e. The second-order valence-corrected chi connectivity index (χ2v) is 6.09. The SMILES string of the molecule is COCC(NC(=O)NC(C)C1CC2CCC1C2)C(=O)O. The maximum atomic E-state index is 11.9.